The topological polar surface area (TPSA) is 81.3 Å². The van der Waals surface area contributed by atoms with E-state index in [1.54, 1.807) is 12.3 Å². The third-order valence-corrected chi connectivity index (χ3v) is 1.51. The molecule has 0 spiro atoms. The molecule has 1 atom stereocenters. The molecule has 0 amide bonds. The molecule has 0 aliphatic rings. The highest BCUT2D eigenvalue weighted by Gasteiger charge is 2.07. The van der Waals surface area contributed by atoms with E-state index in [2.05, 4.69) is 9.97 Å². The van der Waals surface area contributed by atoms with Crippen LogP contribution < -0.4 is 10.5 Å². The summed E-state index contributed by atoms with van der Waals surface area (Å²) in [7, 11) is 0. The Kier molecular flexibility index (Phi) is 3.60. The Hall–Kier alpha value is -1.20. The molecule has 0 aromatic carbocycles. The van der Waals surface area contributed by atoms with Crippen molar-refractivity contribution in [2.45, 2.75) is 13.0 Å². The highest BCUT2D eigenvalue weighted by Crippen LogP contribution is 2.08. The van der Waals surface area contributed by atoms with E-state index in [0.29, 0.717) is 18.3 Å². The molecule has 1 rings (SSSR count). The summed E-state index contributed by atoms with van der Waals surface area (Å²) in [5, 5.41) is 8.78. The van der Waals surface area contributed by atoms with Crippen molar-refractivity contribution in [1.29, 1.82) is 0 Å². The molecule has 0 fully saturated rings. The summed E-state index contributed by atoms with van der Waals surface area (Å²) >= 11 is 0. The molecular formula is C8H13N3O2. The normalized spacial score (nSPS) is 12.5. The zero-order chi connectivity index (χ0) is 9.68. The van der Waals surface area contributed by atoms with Gasteiger partial charge in [-0.05, 0) is 13.0 Å². The molecule has 0 aliphatic heterocycles. The van der Waals surface area contributed by atoms with Gasteiger partial charge in [0.25, 0.3) is 0 Å². The zero-order valence-electron chi connectivity index (χ0n) is 7.47. The van der Waals surface area contributed by atoms with Crippen molar-refractivity contribution in [1.82, 2.24) is 9.97 Å². The van der Waals surface area contributed by atoms with E-state index in [-0.39, 0.29) is 6.61 Å². The predicted octanol–water partition coefficient (Wildman–Crippen LogP) is -0.133. The largest absolute Gasteiger partial charge is 0.464 e. The van der Waals surface area contributed by atoms with Crippen LogP contribution in [-0.4, -0.2) is 28.3 Å². The van der Waals surface area contributed by atoms with Gasteiger partial charge in [-0.15, -0.1) is 0 Å². The number of aliphatic hydroxyl groups excluding tert-OH is 1. The van der Waals surface area contributed by atoms with Crippen molar-refractivity contribution in [3.63, 3.8) is 0 Å². The number of nitrogens with two attached hydrogens (primary N) is 1. The summed E-state index contributed by atoms with van der Waals surface area (Å²) in [5.41, 5.74) is 6.15. The second-order valence-electron chi connectivity index (χ2n) is 2.49. The molecule has 5 nitrogen and oxygen atoms in total. The lowest BCUT2D eigenvalue weighted by Crippen LogP contribution is -2.16. The van der Waals surface area contributed by atoms with Gasteiger partial charge in [0.15, 0.2) is 0 Å². The second-order valence-corrected chi connectivity index (χ2v) is 2.49. The number of ether oxygens (including phenoxy) is 1. The van der Waals surface area contributed by atoms with Crippen molar-refractivity contribution in [2.75, 3.05) is 13.2 Å². The van der Waals surface area contributed by atoms with Crippen molar-refractivity contribution >= 4 is 0 Å². The Labute approximate surface area is 76.6 Å². The summed E-state index contributed by atoms with van der Waals surface area (Å²) in [5.74, 6) is 0. The van der Waals surface area contributed by atoms with Gasteiger partial charge in [0.1, 0.15) is 0 Å². The molecule has 1 aromatic rings. The fourth-order valence-corrected chi connectivity index (χ4v) is 0.853. The Morgan fingerprint density at radius 3 is 3.08 bits per heavy atom. The summed E-state index contributed by atoms with van der Waals surface area (Å²) in [4.78, 5) is 7.89. The van der Waals surface area contributed by atoms with Crippen LogP contribution in [-0.2, 0) is 0 Å². The zero-order valence-corrected chi connectivity index (χ0v) is 7.47. The van der Waals surface area contributed by atoms with Gasteiger partial charge in [0.2, 0.25) is 0 Å². The van der Waals surface area contributed by atoms with E-state index in [1.807, 2.05) is 6.92 Å². The molecule has 5 heteroatoms. The van der Waals surface area contributed by atoms with Gasteiger partial charge in [-0.3, -0.25) is 0 Å². The van der Waals surface area contributed by atoms with Crippen LogP contribution in [0.3, 0.4) is 0 Å². The van der Waals surface area contributed by atoms with Crippen LogP contribution in [0.15, 0.2) is 12.3 Å². The van der Waals surface area contributed by atoms with E-state index in [1.165, 1.54) is 0 Å². The third kappa shape index (κ3) is 2.64. The number of aliphatic hydroxyl groups is 1. The summed E-state index contributed by atoms with van der Waals surface area (Å²) in [6.07, 6.45) is 1.56. The fourth-order valence-electron chi connectivity index (χ4n) is 0.853. The quantitative estimate of drug-likeness (QED) is 0.679. The number of hydrogen-bond donors (Lipinski definition) is 2. The first-order valence-corrected chi connectivity index (χ1v) is 4.10. The van der Waals surface area contributed by atoms with Crippen molar-refractivity contribution < 1.29 is 9.84 Å². The standard InChI is InChI=1S/C8H13N3O2/c1-2-13-8-10-4-3-7(11-8)6(9)5-12/h3-4,6,12H,2,5,9H2,1H3. The SMILES string of the molecule is CCOc1nccc(C(N)CO)n1. The van der Waals surface area contributed by atoms with Crippen LogP contribution in [0.4, 0.5) is 0 Å². The minimum Gasteiger partial charge on any atom is -0.464 e. The fraction of sp³-hybridized carbons (Fsp3) is 0.500. The molecule has 0 bridgehead atoms. The van der Waals surface area contributed by atoms with Crippen LogP contribution in [0, 0.1) is 0 Å². The van der Waals surface area contributed by atoms with Gasteiger partial charge in [-0.1, -0.05) is 0 Å². The number of hydrogen-bond acceptors (Lipinski definition) is 5. The molecule has 1 unspecified atom stereocenters. The van der Waals surface area contributed by atoms with E-state index in [9.17, 15) is 0 Å². The van der Waals surface area contributed by atoms with Crippen LogP contribution in [0.2, 0.25) is 0 Å². The molecule has 3 N–H and O–H groups in total. The van der Waals surface area contributed by atoms with E-state index in [4.69, 9.17) is 15.6 Å². The Balaban J connectivity index is 2.78. The lowest BCUT2D eigenvalue weighted by molar-refractivity contribution is 0.262. The summed E-state index contributed by atoms with van der Waals surface area (Å²) in [6.45, 7) is 2.22. The third-order valence-electron chi connectivity index (χ3n) is 1.51. The molecule has 1 aromatic heterocycles. The van der Waals surface area contributed by atoms with E-state index >= 15 is 0 Å². The van der Waals surface area contributed by atoms with Gasteiger partial charge in [0.05, 0.1) is 24.9 Å². The highest BCUT2D eigenvalue weighted by atomic mass is 16.5. The molecule has 72 valence electrons. The van der Waals surface area contributed by atoms with Crippen LogP contribution in [0.25, 0.3) is 0 Å². The molecule has 13 heavy (non-hydrogen) atoms. The Morgan fingerprint density at radius 2 is 2.46 bits per heavy atom. The molecule has 0 saturated carbocycles. The average Bonchev–Trinajstić information content (AvgIpc) is 2.18. The smallest absolute Gasteiger partial charge is 0.316 e. The highest BCUT2D eigenvalue weighted by molar-refractivity contribution is 5.09. The van der Waals surface area contributed by atoms with Crippen LogP contribution >= 0.6 is 0 Å². The molecule has 1 heterocycles. The van der Waals surface area contributed by atoms with Crippen LogP contribution in [0.5, 0.6) is 6.01 Å². The van der Waals surface area contributed by atoms with Gasteiger partial charge in [-0.25, -0.2) is 4.98 Å². The van der Waals surface area contributed by atoms with E-state index < -0.39 is 6.04 Å². The molecular weight excluding hydrogens is 170 g/mol. The lowest BCUT2D eigenvalue weighted by atomic mass is 10.2. The minimum atomic E-state index is -0.470. The summed E-state index contributed by atoms with van der Waals surface area (Å²) in [6, 6.07) is 1.48. The van der Waals surface area contributed by atoms with Crippen LogP contribution in [0.1, 0.15) is 18.7 Å². The second kappa shape index (κ2) is 4.74. The van der Waals surface area contributed by atoms with Gasteiger partial charge >= 0.3 is 6.01 Å². The monoisotopic (exact) mass is 183 g/mol. The van der Waals surface area contributed by atoms with Gasteiger partial charge < -0.3 is 15.6 Å². The molecule has 0 saturated heterocycles. The minimum absolute atomic E-state index is 0.136. The maximum Gasteiger partial charge on any atom is 0.316 e. The lowest BCUT2D eigenvalue weighted by Gasteiger charge is -2.07. The number of rotatable bonds is 4. The molecule has 0 radical (unpaired) electrons. The van der Waals surface area contributed by atoms with Crippen molar-refractivity contribution in [3.8, 4) is 6.01 Å². The van der Waals surface area contributed by atoms with Gasteiger partial charge in [0, 0.05) is 6.20 Å². The maximum absolute atomic E-state index is 8.78. The molecule has 0 aliphatic carbocycles. The van der Waals surface area contributed by atoms with E-state index in [0.717, 1.165) is 0 Å². The van der Waals surface area contributed by atoms with Crippen molar-refractivity contribution in [3.05, 3.63) is 18.0 Å². The summed E-state index contributed by atoms with van der Waals surface area (Å²) < 4.78 is 5.08. The first-order chi connectivity index (χ1) is 6.27. The number of aromatic nitrogens is 2. The number of nitrogens with zero attached hydrogens (tertiary/aromatic N) is 2. The first kappa shape index (κ1) is 9.88. The maximum atomic E-state index is 8.78. The average molecular weight is 183 g/mol. The Bertz CT molecular complexity index is 267. The van der Waals surface area contributed by atoms with Crippen molar-refractivity contribution in [2.24, 2.45) is 5.73 Å². The predicted molar refractivity (Wildman–Crippen MR) is 47.2 cm³/mol. The Morgan fingerprint density at radius 1 is 1.69 bits per heavy atom. The first-order valence-electron chi connectivity index (χ1n) is 4.10. The van der Waals surface area contributed by atoms with Gasteiger partial charge in [-0.2, -0.15) is 4.98 Å².